The first-order valence-corrected chi connectivity index (χ1v) is 9.59. The Morgan fingerprint density at radius 3 is 2.57 bits per heavy atom. The second-order valence-corrected chi connectivity index (χ2v) is 7.45. The lowest BCUT2D eigenvalue weighted by Crippen LogP contribution is -2.47. The highest BCUT2D eigenvalue weighted by Gasteiger charge is 2.28. The van der Waals surface area contributed by atoms with Crippen LogP contribution in [0.4, 0.5) is 4.39 Å². The number of aliphatic imine (C=N–C) groups is 1. The molecule has 2 amide bonds. The van der Waals surface area contributed by atoms with Crippen LogP contribution in [0.1, 0.15) is 25.8 Å². The first-order valence-electron chi connectivity index (χ1n) is 9.59. The number of primary amides is 1. The number of nitrogens with two attached hydrogens (primary N) is 1. The summed E-state index contributed by atoms with van der Waals surface area (Å²) in [7, 11) is 1.65. The van der Waals surface area contributed by atoms with Gasteiger partial charge in [-0.2, -0.15) is 0 Å². The molecule has 0 radical (unpaired) electrons. The normalized spacial score (nSPS) is 18.2. The van der Waals surface area contributed by atoms with E-state index in [1.807, 2.05) is 18.7 Å². The van der Waals surface area contributed by atoms with Crippen LogP contribution in [-0.2, 0) is 16.0 Å². The monoisotopic (exact) mass is 391 g/mol. The molecule has 1 aromatic rings. The molecular formula is C20H30FN5O2. The molecule has 0 aromatic heterocycles. The number of guanidine groups is 1. The number of nitrogens with zero attached hydrogens (tertiary/aromatic N) is 2. The maximum Gasteiger partial charge on any atom is 0.225 e. The number of likely N-dealkylation sites (tertiary alicyclic amines) is 1. The van der Waals surface area contributed by atoms with Crippen molar-refractivity contribution in [1.29, 1.82) is 0 Å². The summed E-state index contributed by atoms with van der Waals surface area (Å²) in [5, 5.41) is 6.44. The Morgan fingerprint density at radius 2 is 2.00 bits per heavy atom. The maximum absolute atomic E-state index is 13.0. The van der Waals surface area contributed by atoms with E-state index in [1.165, 1.54) is 12.1 Å². The Bertz CT molecular complexity index is 705. The van der Waals surface area contributed by atoms with Gasteiger partial charge in [-0.25, -0.2) is 4.39 Å². The van der Waals surface area contributed by atoms with Crippen molar-refractivity contribution in [3.05, 3.63) is 35.6 Å². The topological polar surface area (TPSA) is 99.8 Å². The van der Waals surface area contributed by atoms with Crippen LogP contribution in [0.3, 0.4) is 0 Å². The third-order valence-corrected chi connectivity index (χ3v) is 4.87. The number of rotatable bonds is 7. The summed E-state index contributed by atoms with van der Waals surface area (Å²) in [6.45, 7) is 5.46. The number of amides is 2. The van der Waals surface area contributed by atoms with E-state index in [4.69, 9.17) is 5.73 Å². The van der Waals surface area contributed by atoms with Crippen molar-refractivity contribution in [1.82, 2.24) is 15.5 Å². The Morgan fingerprint density at radius 1 is 1.32 bits per heavy atom. The molecule has 0 aliphatic carbocycles. The minimum absolute atomic E-state index is 0.0148. The third-order valence-electron chi connectivity index (χ3n) is 4.87. The molecule has 1 heterocycles. The number of carbonyl (C=O) groups excluding carboxylic acids is 2. The standard InChI is InChI=1S/C20H30FN5O2/c1-13(2)19(28)26-9-8-17(12-26)25-20(23-3)24-11-15(18(22)27)10-14-4-6-16(21)7-5-14/h4-7,13,15,17H,8-12H2,1-3H3,(H2,22,27)(H2,23,24,25). The zero-order valence-electron chi connectivity index (χ0n) is 16.7. The molecule has 2 rings (SSSR count). The van der Waals surface area contributed by atoms with Crippen molar-refractivity contribution >= 4 is 17.8 Å². The van der Waals surface area contributed by atoms with E-state index in [9.17, 15) is 14.0 Å². The molecule has 4 N–H and O–H groups in total. The number of halogens is 1. The van der Waals surface area contributed by atoms with E-state index in [1.54, 1.807) is 19.2 Å². The van der Waals surface area contributed by atoms with Gasteiger partial charge in [0.05, 0.1) is 5.92 Å². The molecule has 0 spiro atoms. The van der Waals surface area contributed by atoms with Crippen LogP contribution < -0.4 is 16.4 Å². The zero-order valence-corrected chi connectivity index (χ0v) is 16.7. The lowest BCUT2D eigenvalue weighted by molar-refractivity contribution is -0.133. The van der Waals surface area contributed by atoms with E-state index < -0.39 is 11.8 Å². The van der Waals surface area contributed by atoms with Gasteiger partial charge in [-0.15, -0.1) is 0 Å². The van der Waals surface area contributed by atoms with Crippen molar-refractivity contribution in [2.24, 2.45) is 22.6 Å². The summed E-state index contributed by atoms with van der Waals surface area (Å²) in [6, 6.07) is 6.14. The Kier molecular flexibility index (Phi) is 7.78. The highest BCUT2D eigenvalue weighted by atomic mass is 19.1. The summed E-state index contributed by atoms with van der Waals surface area (Å²) in [6.07, 6.45) is 1.26. The average Bonchev–Trinajstić information content (AvgIpc) is 3.12. The summed E-state index contributed by atoms with van der Waals surface area (Å²) in [4.78, 5) is 30.0. The van der Waals surface area contributed by atoms with Crippen LogP contribution in [0.15, 0.2) is 29.3 Å². The van der Waals surface area contributed by atoms with Gasteiger partial charge in [0, 0.05) is 38.6 Å². The van der Waals surface area contributed by atoms with Crippen molar-refractivity contribution in [3.63, 3.8) is 0 Å². The lowest BCUT2D eigenvalue weighted by Gasteiger charge is -2.21. The Labute approximate surface area is 165 Å². The van der Waals surface area contributed by atoms with Crippen LogP contribution >= 0.6 is 0 Å². The fourth-order valence-electron chi connectivity index (χ4n) is 3.23. The highest BCUT2D eigenvalue weighted by molar-refractivity contribution is 5.82. The van der Waals surface area contributed by atoms with Crippen LogP contribution in [0.2, 0.25) is 0 Å². The van der Waals surface area contributed by atoms with Crippen LogP contribution in [0, 0.1) is 17.7 Å². The largest absolute Gasteiger partial charge is 0.369 e. The fourth-order valence-corrected chi connectivity index (χ4v) is 3.23. The van der Waals surface area contributed by atoms with Crippen molar-refractivity contribution in [2.75, 3.05) is 26.7 Å². The van der Waals surface area contributed by atoms with Gasteiger partial charge >= 0.3 is 0 Å². The van der Waals surface area contributed by atoms with Crippen LogP contribution in [0.5, 0.6) is 0 Å². The maximum atomic E-state index is 13.0. The van der Waals surface area contributed by atoms with Crippen LogP contribution in [0.25, 0.3) is 0 Å². The molecule has 8 heteroatoms. The minimum Gasteiger partial charge on any atom is -0.369 e. The predicted octanol–water partition coefficient (Wildman–Crippen LogP) is 0.892. The van der Waals surface area contributed by atoms with Gasteiger partial charge < -0.3 is 21.3 Å². The summed E-state index contributed by atoms with van der Waals surface area (Å²) < 4.78 is 13.0. The molecule has 1 aliphatic heterocycles. The van der Waals surface area contributed by atoms with Gasteiger partial charge in [0.15, 0.2) is 5.96 Å². The lowest BCUT2D eigenvalue weighted by atomic mass is 9.98. The summed E-state index contributed by atoms with van der Waals surface area (Å²) in [5.41, 5.74) is 6.37. The van der Waals surface area contributed by atoms with Crippen molar-refractivity contribution < 1.29 is 14.0 Å². The van der Waals surface area contributed by atoms with Crippen molar-refractivity contribution in [3.8, 4) is 0 Å². The van der Waals surface area contributed by atoms with Crippen LogP contribution in [-0.4, -0.2) is 55.4 Å². The predicted molar refractivity (Wildman–Crippen MR) is 107 cm³/mol. The van der Waals surface area contributed by atoms with Gasteiger partial charge in [-0.3, -0.25) is 14.6 Å². The number of hydrogen-bond donors (Lipinski definition) is 3. The number of carbonyl (C=O) groups is 2. The molecule has 0 saturated carbocycles. The Balaban J connectivity index is 1.86. The number of hydrogen-bond acceptors (Lipinski definition) is 3. The van der Waals surface area contributed by atoms with Gasteiger partial charge in [0.2, 0.25) is 11.8 Å². The van der Waals surface area contributed by atoms with Gasteiger partial charge in [0.1, 0.15) is 5.82 Å². The molecular weight excluding hydrogens is 361 g/mol. The SMILES string of the molecule is CN=C(NCC(Cc1ccc(F)cc1)C(N)=O)NC1CCN(C(=O)C(C)C)C1. The molecule has 1 aliphatic rings. The summed E-state index contributed by atoms with van der Waals surface area (Å²) in [5.74, 6) is -0.495. The first-order chi connectivity index (χ1) is 13.3. The molecule has 154 valence electrons. The second kappa shape index (κ2) is 10.1. The highest BCUT2D eigenvalue weighted by Crippen LogP contribution is 2.13. The van der Waals surface area contributed by atoms with E-state index in [0.717, 1.165) is 18.5 Å². The molecule has 2 unspecified atom stereocenters. The average molecular weight is 391 g/mol. The molecule has 28 heavy (non-hydrogen) atoms. The van der Waals surface area contributed by atoms with E-state index >= 15 is 0 Å². The molecule has 1 saturated heterocycles. The van der Waals surface area contributed by atoms with Crippen molar-refractivity contribution in [2.45, 2.75) is 32.7 Å². The quantitative estimate of drug-likeness (QED) is 0.475. The first kappa shape index (κ1) is 21.7. The van der Waals surface area contributed by atoms with E-state index in [0.29, 0.717) is 25.5 Å². The minimum atomic E-state index is -0.452. The zero-order chi connectivity index (χ0) is 20.7. The smallest absolute Gasteiger partial charge is 0.225 e. The van der Waals surface area contributed by atoms with Gasteiger partial charge in [-0.05, 0) is 30.5 Å². The number of nitrogens with one attached hydrogen (secondary N) is 2. The second-order valence-electron chi connectivity index (χ2n) is 7.45. The summed E-state index contributed by atoms with van der Waals surface area (Å²) >= 11 is 0. The molecule has 1 fully saturated rings. The fraction of sp³-hybridized carbons (Fsp3) is 0.550. The molecule has 0 bridgehead atoms. The van der Waals surface area contributed by atoms with E-state index in [-0.39, 0.29) is 23.7 Å². The third kappa shape index (κ3) is 6.21. The Hall–Kier alpha value is -2.64. The molecule has 2 atom stereocenters. The van der Waals surface area contributed by atoms with Gasteiger partial charge in [0.25, 0.3) is 0 Å². The molecule has 7 nitrogen and oxygen atoms in total. The molecule has 1 aromatic carbocycles. The number of benzene rings is 1. The van der Waals surface area contributed by atoms with Gasteiger partial charge in [-0.1, -0.05) is 26.0 Å². The van der Waals surface area contributed by atoms with E-state index in [2.05, 4.69) is 15.6 Å².